The van der Waals surface area contributed by atoms with Crippen molar-refractivity contribution < 1.29 is 17.9 Å². The molecule has 1 rings (SSSR count). The summed E-state index contributed by atoms with van der Waals surface area (Å²) in [6.45, 7) is 3.93. The summed E-state index contributed by atoms with van der Waals surface area (Å²) in [7, 11) is 0. The number of alkyl halides is 3. The fourth-order valence-corrected chi connectivity index (χ4v) is 2.24. The van der Waals surface area contributed by atoms with E-state index in [0.29, 0.717) is 5.75 Å². The van der Waals surface area contributed by atoms with Crippen LogP contribution in [0.25, 0.3) is 0 Å². The number of benzene rings is 1. The number of unbranched alkanes of at least 4 members (excludes halogenated alkanes) is 3. The van der Waals surface area contributed by atoms with Gasteiger partial charge in [0.15, 0.2) is 0 Å². The Bertz CT molecular complexity index is 432. The van der Waals surface area contributed by atoms with Crippen LogP contribution in [0.15, 0.2) is 18.2 Å². The smallest absolute Gasteiger partial charge is 0.416 e. The molecule has 0 spiro atoms. The number of nitrogens with two attached hydrogens (primary N) is 1. The fraction of sp³-hybridized carbons (Fsp3) is 0.625. The molecule has 5 heteroatoms. The van der Waals surface area contributed by atoms with Crippen LogP contribution in [-0.4, -0.2) is 6.10 Å². The van der Waals surface area contributed by atoms with Crippen LogP contribution in [0.1, 0.15) is 57.1 Å². The van der Waals surface area contributed by atoms with Crippen LogP contribution < -0.4 is 10.5 Å². The van der Waals surface area contributed by atoms with E-state index in [1.165, 1.54) is 25.0 Å². The summed E-state index contributed by atoms with van der Waals surface area (Å²) in [6.07, 6.45) is 1.12. The number of ether oxygens (including phenoxy) is 1. The van der Waals surface area contributed by atoms with E-state index in [-0.39, 0.29) is 18.2 Å². The maximum atomic E-state index is 12.8. The lowest BCUT2D eigenvalue weighted by Crippen LogP contribution is -2.14. The molecule has 0 aliphatic rings. The molecular weight excluding hydrogens is 279 g/mol. The minimum absolute atomic E-state index is 0.00998. The zero-order valence-corrected chi connectivity index (χ0v) is 12.7. The lowest BCUT2D eigenvalue weighted by atomic mass is 10.1. The third kappa shape index (κ3) is 5.96. The lowest BCUT2D eigenvalue weighted by Gasteiger charge is -2.17. The molecule has 1 atom stereocenters. The molecule has 120 valence electrons. The van der Waals surface area contributed by atoms with Crippen molar-refractivity contribution >= 4 is 0 Å². The standard InChI is InChI=1S/C16H24F3NO/c1-3-4-5-6-7-12(2)21-14-8-9-15(16(17,18)19)13(10-14)11-20/h8-10,12H,3-7,11,20H2,1-2H3. The van der Waals surface area contributed by atoms with Crippen LogP contribution in [-0.2, 0) is 12.7 Å². The molecule has 0 amide bonds. The van der Waals surface area contributed by atoms with Gasteiger partial charge in [0, 0.05) is 6.54 Å². The van der Waals surface area contributed by atoms with Gasteiger partial charge >= 0.3 is 6.18 Å². The maximum absolute atomic E-state index is 12.8. The first kappa shape index (κ1) is 17.8. The molecule has 1 unspecified atom stereocenters. The van der Waals surface area contributed by atoms with E-state index < -0.39 is 11.7 Å². The van der Waals surface area contributed by atoms with Crippen LogP contribution in [0.4, 0.5) is 13.2 Å². The number of hydrogen-bond donors (Lipinski definition) is 1. The lowest BCUT2D eigenvalue weighted by molar-refractivity contribution is -0.138. The first-order chi connectivity index (χ1) is 9.88. The average molecular weight is 303 g/mol. The van der Waals surface area contributed by atoms with Crippen LogP contribution in [0.3, 0.4) is 0 Å². The van der Waals surface area contributed by atoms with Gasteiger partial charge in [0.1, 0.15) is 5.75 Å². The normalized spacial score (nSPS) is 13.2. The predicted octanol–water partition coefficient (Wildman–Crippen LogP) is 4.90. The topological polar surface area (TPSA) is 35.2 Å². The Kier molecular flexibility index (Phi) is 7.02. The van der Waals surface area contributed by atoms with Crippen molar-refractivity contribution in [3.05, 3.63) is 29.3 Å². The van der Waals surface area contributed by atoms with Gasteiger partial charge in [0.2, 0.25) is 0 Å². The van der Waals surface area contributed by atoms with E-state index in [1.54, 1.807) is 0 Å². The van der Waals surface area contributed by atoms with Gasteiger partial charge in [-0.05, 0) is 43.5 Å². The molecule has 0 fully saturated rings. The van der Waals surface area contributed by atoms with E-state index in [1.807, 2.05) is 6.92 Å². The molecule has 0 saturated carbocycles. The van der Waals surface area contributed by atoms with Crippen molar-refractivity contribution in [1.82, 2.24) is 0 Å². The summed E-state index contributed by atoms with van der Waals surface area (Å²) in [5.74, 6) is 0.450. The Hall–Kier alpha value is -1.23. The molecule has 0 aliphatic heterocycles. The molecule has 0 aliphatic carbocycles. The molecule has 2 nitrogen and oxygen atoms in total. The van der Waals surface area contributed by atoms with Gasteiger partial charge in [0.05, 0.1) is 11.7 Å². The third-order valence-electron chi connectivity index (χ3n) is 3.40. The largest absolute Gasteiger partial charge is 0.491 e. The average Bonchev–Trinajstić information content (AvgIpc) is 2.42. The minimum atomic E-state index is -4.38. The number of halogens is 3. The molecular formula is C16H24F3NO. The second kappa shape index (κ2) is 8.27. The van der Waals surface area contributed by atoms with Gasteiger partial charge in [-0.1, -0.05) is 26.2 Å². The Morgan fingerprint density at radius 2 is 1.90 bits per heavy atom. The minimum Gasteiger partial charge on any atom is -0.491 e. The first-order valence-electron chi connectivity index (χ1n) is 7.45. The van der Waals surface area contributed by atoms with Gasteiger partial charge in [-0.2, -0.15) is 13.2 Å². The zero-order valence-electron chi connectivity index (χ0n) is 12.7. The highest BCUT2D eigenvalue weighted by Gasteiger charge is 2.33. The Labute approximate surface area is 124 Å². The predicted molar refractivity (Wildman–Crippen MR) is 78.2 cm³/mol. The van der Waals surface area contributed by atoms with E-state index >= 15 is 0 Å². The molecule has 2 N–H and O–H groups in total. The van der Waals surface area contributed by atoms with E-state index in [2.05, 4.69) is 6.92 Å². The van der Waals surface area contributed by atoms with Crippen molar-refractivity contribution in [2.45, 2.75) is 64.8 Å². The van der Waals surface area contributed by atoms with Crippen LogP contribution in [0, 0.1) is 0 Å². The molecule has 0 heterocycles. The summed E-state index contributed by atoms with van der Waals surface area (Å²) >= 11 is 0. The van der Waals surface area contributed by atoms with E-state index in [4.69, 9.17) is 10.5 Å². The molecule has 0 aromatic heterocycles. The first-order valence-corrected chi connectivity index (χ1v) is 7.45. The van der Waals surface area contributed by atoms with E-state index in [0.717, 1.165) is 25.3 Å². The zero-order chi connectivity index (χ0) is 15.9. The van der Waals surface area contributed by atoms with Crippen molar-refractivity contribution in [3.8, 4) is 5.75 Å². The summed E-state index contributed by atoms with van der Waals surface area (Å²) in [5.41, 5.74) is 4.79. The van der Waals surface area contributed by atoms with Crippen LogP contribution >= 0.6 is 0 Å². The summed E-state index contributed by atoms with van der Waals surface area (Å²) in [4.78, 5) is 0. The van der Waals surface area contributed by atoms with Gasteiger partial charge in [-0.15, -0.1) is 0 Å². The highest BCUT2D eigenvalue weighted by atomic mass is 19.4. The maximum Gasteiger partial charge on any atom is 0.416 e. The highest BCUT2D eigenvalue weighted by Crippen LogP contribution is 2.33. The van der Waals surface area contributed by atoms with Gasteiger partial charge in [-0.3, -0.25) is 0 Å². The highest BCUT2D eigenvalue weighted by molar-refractivity contribution is 5.37. The van der Waals surface area contributed by atoms with Gasteiger partial charge < -0.3 is 10.5 Å². The Morgan fingerprint density at radius 3 is 2.48 bits per heavy atom. The monoisotopic (exact) mass is 303 g/mol. The number of rotatable bonds is 8. The van der Waals surface area contributed by atoms with Crippen molar-refractivity contribution in [3.63, 3.8) is 0 Å². The second-order valence-electron chi connectivity index (χ2n) is 5.30. The Balaban J connectivity index is 2.64. The molecule has 1 aromatic rings. The summed E-state index contributed by atoms with van der Waals surface area (Å²) in [5, 5.41) is 0. The SMILES string of the molecule is CCCCCCC(C)Oc1ccc(C(F)(F)F)c(CN)c1. The van der Waals surface area contributed by atoms with Crippen LogP contribution in [0.2, 0.25) is 0 Å². The Morgan fingerprint density at radius 1 is 1.19 bits per heavy atom. The summed E-state index contributed by atoms with van der Waals surface area (Å²) in [6, 6.07) is 3.80. The molecule has 0 radical (unpaired) electrons. The van der Waals surface area contributed by atoms with Crippen LogP contribution in [0.5, 0.6) is 5.75 Å². The van der Waals surface area contributed by atoms with Crippen molar-refractivity contribution in [1.29, 1.82) is 0 Å². The second-order valence-corrected chi connectivity index (χ2v) is 5.30. The van der Waals surface area contributed by atoms with Gasteiger partial charge in [-0.25, -0.2) is 0 Å². The summed E-state index contributed by atoms with van der Waals surface area (Å²) < 4.78 is 44.0. The quantitative estimate of drug-likeness (QED) is 0.693. The molecule has 21 heavy (non-hydrogen) atoms. The molecule has 0 saturated heterocycles. The van der Waals surface area contributed by atoms with Gasteiger partial charge in [0.25, 0.3) is 0 Å². The number of hydrogen-bond acceptors (Lipinski definition) is 2. The molecule has 0 bridgehead atoms. The molecule has 1 aromatic carbocycles. The van der Waals surface area contributed by atoms with Crippen molar-refractivity contribution in [2.75, 3.05) is 0 Å². The van der Waals surface area contributed by atoms with Crippen molar-refractivity contribution in [2.24, 2.45) is 5.73 Å². The van der Waals surface area contributed by atoms with E-state index in [9.17, 15) is 13.2 Å². The fourth-order valence-electron chi connectivity index (χ4n) is 2.24. The third-order valence-corrected chi connectivity index (χ3v) is 3.40.